The van der Waals surface area contributed by atoms with Crippen molar-refractivity contribution in [3.8, 4) is 0 Å². The van der Waals surface area contributed by atoms with Crippen LogP contribution in [0.25, 0.3) is 0 Å². The molecular weight excluding hydrogens is 474 g/mol. The predicted octanol–water partition coefficient (Wildman–Crippen LogP) is 4.49. The van der Waals surface area contributed by atoms with Crippen molar-refractivity contribution in [3.05, 3.63) is 64.7 Å². The molecular formula is C28H41N3O4S. The molecule has 0 aromatic heterocycles. The maximum Gasteiger partial charge on any atom is 0.242 e. The summed E-state index contributed by atoms with van der Waals surface area (Å²) in [4.78, 5) is 27.9. The van der Waals surface area contributed by atoms with E-state index in [9.17, 15) is 18.0 Å². The van der Waals surface area contributed by atoms with Gasteiger partial charge in [-0.25, -0.2) is 8.42 Å². The van der Waals surface area contributed by atoms with Gasteiger partial charge in [0, 0.05) is 25.6 Å². The van der Waals surface area contributed by atoms with Crippen molar-refractivity contribution < 1.29 is 18.0 Å². The Balaban J connectivity index is 2.21. The first-order valence-electron chi connectivity index (χ1n) is 12.5. The summed E-state index contributed by atoms with van der Waals surface area (Å²) >= 11 is 0. The fraction of sp³-hybridized carbons (Fsp3) is 0.500. The number of hydrogen-bond acceptors (Lipinski definition) is 4. The van der Waals surface area contributed by atoms with Gasteiger partial charge in [0.2, 0.25) is 21.8 Å². The van der Waals surface area contributed by atoms with E-state index in [0.717, 1.165) is 28.7 Å². The Hall–Kier alpha value is -2.87. The number of aryl methyl sites for hydroxylation is 3. The highest BCUT2D eigenvalue weighted by atomic mass is 32.2. The SMILES string of the molecule is CCC(C)NC(=O)C(C)N(Cc1ccccc1C)C(=O)CCCN(c1cc(C)cc(C)c1)S(C)(=O)=O. The first kappa shape index (κ1) is 29.4. The third-order valence-corrected chi connectivity index (χ3v) is 7.61. The van der Waals surface area contributed by atoms with E-state index >= 15 is 0 Å². The zero-order chi connectivity index (χ0) is 27.0. The Morgan fingerprint density at radius 3 is 2.17 bits per heavy atom. The van der Waals surface area contributed by atoms with Crippen LogP contribution < -0.4 is 9.62 Å². The second-order valence-electron chi connectivity index (χ2n) is 9.73. The molecule has 36 heavy (non-hydrogen) atoms. The van der Waals surface area contributed by atoms with Gasteiger partial charge in [0.25, 0.3) is 0 Å². The van der Waals surface area contributed by atoms with E-state index in [-0.39, 0.29) is 30.8 Å². The summed E-state index contributed by atoms with van der Waals surface area (Å²) in [6.07, 6.45) is 2.44. The molecule has 2 atom stereocenters. The highest BCUT2D eigenvalue weighted by Crippen LogP contribution is 2.22. The van der Waals surface area contributed by atoms with Crippen molar-refractivity contribution in [1.29, 1.82) is 0 Å². The van der Waals surface area contributed by atoms with Crippen LogP contribution in [-0.2, 0) is 26.2 Å². The summed E-state index contributed by atoms with van der Waals surface area (Å²) in [5.74, 6) is -0.377. The summed E-state index contributed by atoms with van der Waals surface area (Å²) in [5.41, 5.74) is 4.56. The third-order valence-electron chi connectivity index (χ3n) is 6.42. The lowest BCUT2D eigenvalue weighted by Gasteiger charge is -2.30. The van der Waals surface area contributed by atoms with E-state index in [1.807, 2.05) is 77.1 Å². The van der Waals surface area contributed by atoms with Crippen LogP contribution in [0.3, 0.4) is 0 Å². The van der Waals surface area contributed by atoms with Crippen molar-refractivity contribution in [3.63, 3.8) is 0 Å². The van der Waals surface area contributed by atoms with Crippen LogP contribution in [0.5, 0.6) is 0 Å². The lowest BCUT2D eigenvalue weighted by atomic mass is 10.1. The molecule has 0 aliphatic rings. The standard InChI is InChI=1S/C28H41N3O4S/c1-8-23(5)29-28(33)24(6)30(19-25-13-10-9-12-22(25)4)27(32)14-11-15-31(36(7,34)35)26-17-20(2)16-21(3)18-26/h9-10,12-13,16-18,23-24H,8,11,14-15,19H2,1-7H3,(H,29,33). The van der Waals surface area contributed by atoms with E-state index < -0.39 is 16.1 Å². The Kier molecular flexibility index (Phi) is 10.5. The zero-order valence-electron chi connectivity index (χ0n) is 22.7. The molecule has 1 N–H and O–H groups in total. The average Bonchev–Trinajstić information content (AvgIpc) is 2.79. The number of rotatable bonds is 12. The molecule has 2 aromatic rings. The smallest absolute Gasteiger partial charge is 0.242 e. The van der Waals surface area contributed by atoms with Crippen LogP contribution in [0.2, 0.25) is 0 Å². The number of nitrogens with zero attached hydrogens (tertiary/aromatic N) is 2. The van der Waals surface area contributed by atoms with Gasteiger partial charge in [-0.2, -0.15) is 0 Å². The molecule has 0 aliphatic heterocycles. The van der Waals surface area contributed by atoms with Gasteiger partial charge < -0.3 is 10.2 Å². The number of benzene rings is 2. The van der Waals surface area contributed by atoms with E-state index in [1.165, 1.54) is 10.6 Å². The van der Waals surface area contributed by atoms with Crippen LogP contribution in [-0.4, -0.2) is 50.0 Å². The van der Waals surface area contributed by atoms with Crippen LogP contribution in [0.15, 0.2) is 42.5 Å². The number of sulfonamides is 1. The molecule has 198 valence electrons. The van der Waals surface area contributed by atoms with Gasteiger partial charge in [-0.3, -0.25) is 13.9 Å². The van der Waals surface area contributed by atoms with Gasteiger partial charge in [0.05, 0.1) is 11.9 Å². The number of carbonyl (C=O) groups excluding carboxylic acids is 2. The quantitative estimate of drug-likeness (QED) is 0.451. The highest BCUT2D eigenvalue weighted by molar-refractivity contribution is 7.92. The van der Waals surface area contributed by atoms with E-state index in [0.29, 0.717) is 18.7 Å². The number of carbonyl (C=O) groups is 2. The highest BCUT2D eigenvalue weighted by Gasteiger charge is 2.27. The van der Waals surface area contributed by atoms with Crippen LogP contribution >= 0.6 is 0 Å². The van der Waals surface area contributed by atoms with Gasteiger partial charge in [-0.1, -0.05) is 37.3 Å². The largest absolute Gasteiger partial charge is 0.352 e. The molecule has 0 heterocycles. The number of amides is 2. The zero-order valence-corrected chi connectivity index (χ0v) is 23.5. The topological polar surface area (TPSA) is 86.8 Å². The summed E-state index contributed by atoms with van der Waals surface area (Å²) in [5, 5.41) is 2.97. The van der Waals surface area contributed by atoms with Crippen molar-refractivity contribution in [2.75, 3.05) is 17.1 Å². The lowest BCUT2D eigenvalue weighted by Crippen LogP contribution is -2.49. The normalized spacial score (nSPS) is 13.1. The molecule has 0 spiro atoms. The molecule has 7 nitrogen and oxygen atoms in total. The van der Waals surface area contributed by atoms with Crippen molar-refractivity contribution in [2.24, 2.45) is 0 Å². The molecule has 2 amide bonds. The monoisotopic (exact) mass is 515 g/mol. The van der Waals surface area contributed by atoms with Gasteiger partial charge in [-0.15, -0.1) is 0 Å². The number of nitrogens with one attached hydrogen (secondary N) is 1. The molecule has 0 radical (unpaired) electrons. The van der Waals surface area contributed by atoms with E-state index in [1.54, 1.807) is 11.8 Å². The van der Waals surface area contributed by atoms with Gasteiger partial charge in [0.1, 0.15) is 6.04 Å². The summed E-state index contributed by atoms with van der Waals surface area (Å²) in [6.45, 7) is 12.0. The molecule has 0 fully saturated rings. The van der Waals surface area contributed by atoms with Gasteiger partial charge in [-0.05, 0) is 81.8 Å². The van der Waals surface area contributed by atoms with E-state index in [2.05, 4.69) is 5.32 Å². The summed E-state index contributed by atoms with van der Waals surface area (Å²) in [6, 6.07) is 12.8. The molecule has 0 bridgehead atoms. The number of anilines is 1. The Morgan fingerprint density at radius 1 is 1.00 bits per heavy atom. The molecule has 8 heteroatoms. The maximum atomic E-state index is 13.4. The molecule has 0 aliphatic carbocycles. The minimum atomic E-state index is -3.53. The molecule has 0 saturated carbocycles. The third kappa shape index (κ3) is 8.36. The van der Waals surface area contributed by atoms with Crippen molar-refractivity contribution >= 4 is 27.5 Å². The second-order valence-corrected chi connectivity index (χ2v) is 11.6. The first-order valence-corrected chi connectivity index (χ1v) is 14.4. The second kappa shape index (κ2) is 12.9. The summed E-state index contributed by atoms with van der Waals surface area (Å²) in [7, 11) is -3.53. The molecule has 0 saturated heterocycles. The first-order chi connectivity index (χ1) is 16.8. The minimum Gasteiger partial charge on any atom is -0.352 e. The van der Waals surface area contributed by atoms with Crippen molar-refractivity contribution in [1.82, 2.24) is 10.2 Å². The Morgan fingerprint density at radius 2 is 1.61 bits per heavy atom. The fourth-order valence-electron chi connectivity index (χ4n) is 4.12. The Bertz CT molecular complexity index is 1140. The Labute approximate surface area is 216 Å². The molecule has 2 unspecified atom stereocenters. The average molecular weight is 516 g/mol. The maximum absolute atomic E-state index is 13.4. The van der Waals surface area contributed by atoms with Crippen LogP contribution in [0.1, 0.15) is 62.3 Å². The predicted molar refractivity (Wildman–Crippen MR) is 146 cm³/mol. The van der Waals surface area contributed by atoms with Crippen LogP contribution in [0, 0.1) is 20.8 Å². The van der Waals surface area contributed by atoms with Gasteiger partial charge >= 0.3 is 0 Å². The fourth-order valence-corrected chi connectivity index (χ4v) is 5.07. The van der Waals surface area contributed by atoms with E-state index in [4.69, 9.17) is 0 Å². The molecule has 2 aromatic carbocycles. The molecule has 2 rings (SSSR count). The lowest BCUT2D eigenvalue weighted by molar-refractivity contribution is -0.140. The van der Waals surface area contributed by atoms with Gasteiger partial charge in [0.15, 0.2) is 0 Å². The number of hydrogen-bond donors (Lipinski definition) is 1. The minimum absolute atomic E-state index is 0.0106. The van der Waals surface area contributed by atoms with Crippen LogP contribution in [0.4, 0.5) is 5.69 Å². The summed E-state index contributed by atoms with van der Waals surface area (Å²) < 4.78 is 26.5. The van der Waals surface area contributed by atoms with Crippen molar-refractivity contribution in [2.45, 2.75) is 79.4 Å².